The van der Waals surface area contributed by atoms with Crippen LogP contribution in [0.1, 0.15) is 24.5 Å². The van der Waals surface area contributed by atoms with Gasteiger partial charge in [-0.2, -0.15) is 0 Å². The molecule has 3 rings (SSSR count). The number of imidazole rings is 1. The summed E-state index contributed by atoms with van der Waals surface area (Å²) in [6.45, 7) is 2.08. The van der Waals surface area contributed by atoms with Crippen LogP contribution in [0.3, 0.4) is 0 Å². The minimum atomic E-state index is 0.0495. The van der Waals surface area contributed by atoms with Gasteiger partial charge in [0.25, 0.3) is 0 Å². The van der Waals surface area contributed by atoms with Crippen molar-refractivity contribution in [2.45, 2.75) is 18.8 Å². The normalized spacial score (nSPS) is 12.8. The number of hydrogen-bond donors (Lipinski definition) is 0. The molecule has 3 nitrogen and oxygen atoms in total. The van der Waals surface area contributed by atoms with Gasteiger partial charge in [0.1, 0.15) is 5.82 Å². The van der Waals surface area contributed by atoms with E-state index in [1.54, 1.807) is 6.20 Å². The molecule has 3 aromatic rings. The van der Waals surface area contributed by atoms with E-state index in [2.05, 4.69) is 21.5 Å². The van der Waals surface area contributed by atoms with Crippen LogP contribution in [0, 0.1) is 0 Å². The third-order valence-corrected chi connectivity index (χ3v) is 3.82. The first kappa shape index (κ1) is 13.4. The summed E-state index contributed by atoms with van der Waals surface area (Å²) in [7, 11) is 0. The van der Waals surface area contributed by atoms with Gasteiger partial charge in [-0.15, -0.1) is 11.6 Å². The lowest BCUT2D eigenvalue weighted by Gasteiger charge is -2.16. The molecule has 1 aromatic carbocycles. The van der Waals surface area contributed by atoms with Crippen LogP contribution in [0.4, 0.5) is 0 Å². The second-order valence-electron chi connectivity index (χ2n) is 4.60. The molecule has 0 aliphatic rings. The molecule has 20 heavy (non-hydrogen) atoms. The smallest absolute Gasteiger partial charge is 0.125 e. The van der Waals surface area contributed by atoms with Crippen molar-refractivity contribution in [1.29, 1.82) is 0 Å². The minimum absolute atomic E-state index is 0.0495. The molecule has 0 radical (unpaired) electrons. The largest absolute Gasteiger partial charge is 0.318 e. The van der Waals surface area contributed by atoms with Gasteiger partial charge in [-0.3, -0.25) is 4.98 Å². The quantitative estimate of drug-likeness (QED) is 0.670. The highest BCUT2D eigenvalue weighted by atomic mass is 35.5. The van der Waals surface area contributed by atoms with Gasteiger partial charge in [0.2, 0.25) is 0 Å². The third kappa shape index (κ3) is 2.28. The number of halogens is 2. The van der Waals surface area contributed by atoms with Crippen molar-refractivity contribution in [3.05, 3.63) is 59.1 Å². The summed E-state index contributed by atoms with van der Waals surface area (Å²) in [5.74, 6) is 1.17. The Hall–Kier alpha value is -1.58. The van der Waals surface area contributed by atoms with Gasteiger partial charge in [-0.1, -0.05) is 17.7 Å². The summed E-state index contributed by atoms with van der Waals surface area (Å²) in [5.41, 5.74) is 2.84. The van der Waals surface area contributed by atoms with Gasteiger partial charge < -0.3 is 4.57 Å². The second-order valence-corrected chi connectivity index (χ2v) is 5.30. The molecule has 1 atom stereocenters. The molecular formula is C15H13Cl2N3. The van der Waals surface area contributed by atoms with Crippen molar-refractivity contribution in [3.63, 3.8) is 0 Å². The highest BCUT2D eigenvalue weighted by Crippen LogP contribution is 2.27. The Kier molecular flexibility index (Phi) is 3.64. The third-order valence-electron chi connectivity index (χ3n) is 3.35. The van der Waals surface area contributed by atoms with E-state index in [1.807, 2.05) is 36.4 Å². The molecule has 0 bridgehead atoms. The molecule has 2 heterocycles. The van der Waals surface area contributed by atoms with Crippen molar-refractivity contribution in [3.8, 4) is 0 Å². The Morgan fingerprint density at radius 1 is 1.25 bits per heavy atom. The first-order chi connectivity index (χ1) is 9.70. The Bertz CT molecular complexity index is 737. The predicted molar refractivity (Wildman–Crippen MR) is 82.4 cm³/mol. The summed E-state index contributed by atoms with van der Waals surface area (Å²) in [6, 6.07) is 11.6. The van der Waals surface area contributed by atoms with Crippen molar-refractivity contribution in [2.24, 2.45) is 0 Å². The fourth-order valence-corrected chi connectivity index (χ4v) is 2.75. The Labute approximate surface area is 127 Å². The molecule has 0 aliphatic carbocycles. The van der Waals surface area contributed by atoms with Crippen LogP contribution in [-0.2, 0) is 5.88 Å². The van der Waals surface area contributed by atoms with Gasteiger partial charge in [-0.25, -0.2) is 4.98 Å². The molecule has 0 fully saturated rings. The molecule has 0 aliphatic heterocycles. The van der Waals surface area contributed by atoms with Crippen molar-refractivity contribution >= 4 is 34.2 Å². The zero-order chi connectivity index (χ0) is 14.1. The highest BCUT2D eigenvalue weighted by Gasteiger charge is 2.17. The number of nitrogens with zero attached hydrogens (tertiary/aromatic N) is 3. The fraction of sp³-hybridized carbons (Fsp3) is 0.200. The number of fused-ring (bicyclic) bond motifs is 1. The standard InChI is InChI=1S/C15H13Cl2N3/c1-10(12-4-2-3-7-18-12)20-14-8-11(17)5-6-13(14)19-15(20)9-16/h2-8,10H,9H2,1H3. The molecule has 5 heteroatoms. The van der Waals surface area contributed by atoms with E-state index in [1.165, 1.54) is 0 Å². The van der Waals surface area contributed by atoms with Gasteiger partial charge >= 0.3 is 0 Å². The monoisotopic (exact) mass is 305 g/mol. The number of rotatable bonds is 3. The first-order valence-corrected chi connectivity index (χ1v) is 7.25. The summed E-state index contributed by atoms with van der Waals surface area (Å²) >= 11 is 12.1. The van der Waals surface area contributed by atoms with Crippen molar-refractivity contribution in [2.75, 3.05) is 0 Å². The van der Waals surface area contributed by atoms with E-state index in [0.29, 0.717) is 10.9 Å². The number of pyridine rings is 1. The Balaban J connectivity index is 2.21. The SMILES string of the molecule is CC(c1ccccn1)n1c(CCl)nc2ccc(Cl)cc21. The van der Waals surface area contributed by atoms with E-state index >= 15 is 0 Å². The zero-order valence-corrected chi connectivity index (χ0v) is 12.4. The van der Waals surface area contributed by atoms with Crippen LogP contribution in [0.25, 0.3) is 11.0 Å². The minimum Gasteiger partial charge on any atom is -0.318 e. The lowest BCUT2D eigenvalue weighted by Crippen LogP contribution is -2.11. The summed E-state index contributed by atoms with van der Waals surface area (Å²) < 4.78 is 2.09. The van der Waals surface area contributed by atoms with E-state index < -0.39 is 0 Å². The van der Waals surface area contributed by atoms with Crippen LogP contribution in [0.5, 0.6) is 0 Å². The predicted octanol–water partition coefficient (Wildman–Crippen LogP) is 4.43. The second kappa shape index (κ2) is 5.43. The first-order valence-electron chi connectivity index (χ1n) is 6.34. The molecule has 0 saturated heterocycles. The summed E-state index contributed by atoms with van der Waals surface area (Å²) in [6.07, 6.45) is 1.79. The number of benzene rings is 1. The van der Waals surface area contributed by atoms with Crippen LogP contribution >= 0.6 is 23.2 Å². The molecule has 0 N–H and O–H groups in total. The molecule has 1 unspecified atom stereocenters. The maximum absolute atomic E-state index is 6.10. The maximum Gasteiger partial charge on any atom is 0.125 e. The Morgan fingerprint density at radius 3 is 2.80 bits per heavy atom. The molecule has 0 amide bonds. The van der Waals surface area contributed by atoms with E-state index in [-0.39, 0.29) is 6.04 Å². The number of aromatic nitrogens is 3. The van der Waals surface area contributed by atoms with Crippen LogP contribution in [-0.4, -0.2) is 14.5 Å². The molecule has 0 spiro atoms. The average Bonchev–Trinajstić information content (AvgIpc) is 2.85. The van der Waals surface area contributed by atoms with Gasteiger partial charge in [0.15, 0.2) is 0 Å². The lowest BCUT2D eigenvalue weighted by molar-refractivity contribution is 0.616. The van der Waals surface area contributed by atoms with Crippen molar-refractivity contribution in [1.82, 2.24) is 14.5 Å². The van der Waals surface area contributed by atoms with Gasteiger partial charge in [-0.05, 0) is 37.3 Å². The van der Waals surface area contributed by atoms with Crippen molar-refractivity contribution < 1.29 is 0 Å². The van der Waals surface area contributed by atoms with Crippen LogP contribution in [0.15, 0.2) is 42.6 Å². The average molecular weight is 306 g/mol. The number of alkyl halides is 1. The maximum atomic E-state index is 6.10. The molecule has 102 valence electrons. The van der Waals surface area contributed by atoms with Crippen LogP contribution in [0.2, 0.25) is 5.02 Å². The highest BCUT2D eigenvalue weighted by molar-refractivity contribution is 6.31. The zero-order valence-electron chi connectivity index (χ0n) is 10.9. The van der Waals surface area contributed by atoms with E-state index in [0.717, 1.165) is 22.6 Å². The molecule has 0 saturated carbocycles. The van der Waals surface area contributed by atoms with Gasteiger partial charge in [0, 0.05) is 11.2 Å². The topological polar surface area (TPSA) is 30.7 Å². The van der Waals surface area contributed by atoms with E-state index in [4.69, 9.17) is 23.2 Å². The summed E-state index contributed by atoms with van der Waals surface area (Å²) in [4.78, 5) is 8.98. The molecule has 2 aromatic heterocycles. The van der Waals surface area contributed by atoms with E-state index in [9.17, 15) is 0 Å². The fourth-order valence-electron chi connectivity index (χ4n) is 2.40. The number of hydrogen-bond acceptors (Lipinski definition) is 2. The molecular weight excluding hydrogens is 293 g/mol. The van der Waals surface area contributed by atoms with Crippen LogP contribution < -0.4 is 0 Å². The summed E-state index contributed by atoms with van der Waals surface area (Å²) in [5, 5.41) is 0.688. The Morgan fingerprint density at radius 2 is 2.10 bits per heavy atom. The van der Waals surface area contributed by atoms with Gasteiger partial charge in [0.05, 0.1) is 28.6 Å². The lowest BCUT2D eigenvalue weighted by atomic mass is 10.2.